The van der Waals surface area contributed by atoms with Gasteiger partial charge in [-0.05, 0) is 29.2 Å². The molecule has 1 aromatic rings. The van der Waals surface area contributed by atoms with E-state index in [1.807, 2.05) is 6.07 Å². The van der Waals surface area contributed by atoms with E-state index in [0.29, 0.717) is 0 Å². The summed E-state index contributed by atoms with van der Waals surface area (Å²) in [7, 11) is 0. The van der Waals surface area contributed by atoms with E-state index in [2.05, 4.69) is 70.2 Å². The summed E-state index contributed by atoms with van der Waals surface area (Å²) in [4.78, 5) is 0. The Morgan fingerprint density at radius 2 is 1.60 bits per heavy atom. The van der Waals surface area contributed by atoms with Crippen molar-refractivity contribution in [3.63, 3.8) is 0 Å². The smallest absolute Gasteiger partial charge is 0.0509 e. The zero-order valence-corrected chi connectivity index (χ0v) is 12.3. The SMILES string of the molecule is CC(C)(C)C(NN)c1cc(Br)cc(Br)c1. The van der Waals surface area contributed by atoms with Crippen LogP contribution in [0.4, 0.5) is 0 Å². The molecule has 1 unspecified atom stereocenters. The van der Waals surface area contributed by atoms with Crippen LogP contribution in [-0.4, -0.2) is 0 Å². The van der Waals surface area contributed by atoms with Crippen LogP contribution in [0.1, 0.15) is 32.4 Å². The first-order valence-electron chi connectivity index (χ1n) is 4.76. The summed E-state index contributed by atoms with van der Waals surface area (Å²) >= 11 is 6.96. The maximum absolute atomic E-state index is 5.61. The van der Waals surface area contributed by atoms with E-state index in [1.54, 1.807) is 0 Å². The molecule has 0 fully saturated rings. The summed E-state index contributed by atoms with van der Waals surface area (Å²) in [6, 6.07) is 6.31. The summed E-state index contributed by atoms with van der Waals surface area (Å²) in [6.07, 6.45) is 0. The average molecular weight is 336 g/mol. The molecule has 15 heavy (non-hydrogen) atoms. The predicted molar refractivity (Wildman–Crippen MR) is 71.4 cm³/mol. The molecule has 0 aromatic heterocycles. The van der Waals surface area contributed by atoms with Crippen molar-refractivity contribution >= 4 is 31.9 Å². The van der Waals surface area contributed by atoms with Crippen molar-refractivity contribution in [2.45, 2.75) is 26.8 Å². The second-order valence-electron chi connectivity index (χ2n) is 4.67. The third-order valence-corrected chi connectivity index (χ3v) is 3.17. The Morgan fingerprint density at radius 3 is 1.93 bits per heavy atom. The number of hydrogen-bond donors (Lipinski definition) is 2. The van der Waals surface area contributed by atoms with E-state index < -0.39 is 0 Å². The fourth-order valence-corrected chi connectivity index (χ4v) is 2.92. The fraction of sp³-hybridized carbons (Fsp3) is 0.455. The van der Waals surface area contributed by atoms with Gasteiger partial charge in [0.1, 0.15) is 0 Å². The van der Waals surface area contributed by atoms with Crippen LogP contribution in [0, 0.1) is 5.41 Å². The van der Waals surface area contributed by atoms with Gasteiger partial charge in [-0.3, -0.25) is 11.3 Å². The lowest BCUT2D eigenvalue weighted by atomic mass is 9.83. The van der Waals surface area contributed by atoms with Crippen molar-refractivity contribution < 1.29 is 0 Å². The summed E-state index contributed by atoms with van der Waals surface area (Å²) in [6.45, 7) is 6.48. The standard InChI is InChI=1S/C11H16Br2N2/c1-11(2,3)10(15-14)7-4-8(12)6-9(13)5-7/h4-6,10,15H,14H2,1-3H3. The quantitative estimate of drug-likeness (QED) is 0.638. The molecular formula is C11H16Br2N2. The van der Waals surface area contributed by atoms with Gasteiger partial charge in [0.15, 0.2) is 0 Å². The molecule has 4 heteroatoms. The van der Waals surface area contributed by atoms with E-state index in [-0.39, 0.29) is 11.5 Å². The minimum atomic E-state index is 0.0784. The van der Waals surface area contributed by atoms with Crippen LogP contribution < -0.4 is 11.3 Å². The summed E-state index contributed by atoms with van der Waals surface area (Å²) in [5.74, 6) is 5.61. The summed E-state index contributed by atoms with van der Waals surface area (Å²) in [5.41, 5.74) is 4.12. The van der Waals surface area contributed by atoms with Crippen LogP contribution in [-0.2, 0) is 0 Å². The second-order valence-corrected chi connectivity index (χ2v) is 6.50. The Kier molecular flexibility index (Phi) is 4.35. The fourth-order valence-electron chi connectivity index (χ4n) is 1.59. The second kappa shape index (κ2) is 4.95. The molecule has 84 valence electrons. The highest BCUT2D eigenvalue weighted by molar-refractivity contribution is 9.11. The average Bonchev–Trinajstić information content (AvgIpc) is 1.99. The lowest BCUT2D eigenvalue weighted by Crippen LogP contribution is -2.36. The molecule has 0 saturated carbocycles. The first-order chi connectivity index (χ1) is 6.84. The van der Waals surface area contributed by atoms with Crippen molar-refractivity contribution in [2.75, 3.05) is 0 Å². The van der Waals surface area contributed by atoms with Crippen LogP contribution in [0.2, 0.25) is 0 Å². The molecule has 0 radical (unpaired) electrons. The molecule has 0 heterocycles. The molecular weight excluding hydrogens is 320 g/mol. The Labute approximate surface area is 108 Å². The number of nitrogens with two attached hydrogens (primary N) is 1. The van der Waals surface area contributed by atoms with Crippen molar-refractivity contribution in [3.8, 4) is 0 Å². The molecule has 2 nitrogen and oxygen atoms in total. The van der Waals surface area contributed by atoms with E-state index in [0.717, 1.165) is 8.95 Å². The van der Waals surface area contributed by atoms with Gasteiger partial charge in [-0.25, -0.2) is 0 Å². The zero-order chi connectivity index (χ0) is 11.6. The first kappa shape index (κ1) is 13.2. The van der Waals surface area contributed by atoms with E-state index in [4.69, 9.17) is 5.84 Å². The van der Waals surface area contributed by atoms with Gasteiger partial charge < -0.3 is 0 Å². The number of nitrogens with one attached hydrogen (secondary N) is 1. The summed E-state index contributed by atoms with van der Waals surface area (Å²) in [5, 5.41) is 0. The van der Waals surface area contributed by atoms with Gasteiger partial charge in [-0.15, -0.1) is 0 Å². The van der Waals surface area contributed by atoms with Gasteiger partial charge in [0, 0.05) is 8.95 Å². The normalized spacial score (nSPS) is 14.0. The van der Waals surface area contributed by atoms with E-state index >= 15 is 0 Å². The van der Waals surface area contributed by atoms with Gasteiger partial charge in [-0.2, -0.15) is 0 Å². The Bertz CT molecular complexity index is 325. The monoisotopic (exact) mass is 334 g/mol. The zero-order valence-electron chi connectivity index (χ0n) is 9.14. The molecule has 1 atom stereocenters. The highest BCUT2D eigenvalue weighted by Crippen LogP contribution is 2.34. The number of benzene rings is 1. The molecule has 0 aliphatic carbocycles. The van der Waals surface area contributed by atoms with Crippen LogP contribution in [0.25, 0.3) is 0 Å². The predicted octanol–water partition coefficient (Wildman–Crippen LogP) is 3.76. The van der Waals surface area contributed by atoms with E-state index in [1.165, 1.54) is 5.56 Å². The Hall–Kier alpha value is 0.1000. The number of hydrazine groups is 1. The number of hydrogen-bond acceptors (Lipinski definition) is 2. The highest BCUT2D eigenvalue weighted by atomic mass is 79.9. The molecule has 1 aromatic carbocycles. The third kappa shape index (κ3) is 3.55. The molecule has 0 aliphatic rings. The topological polar surface area (TPSA) is 38.0 Å². The molecule has 0 aliphatic heterocycles. The molecule has 1 rings (SSSR count). The van der Waals surface area contributed by atoms with Crippen molar-refractivity contribution in [3.05, 3.63) is 32.7 Å². The molecule has 0 bridgehead atoms. The first-order valence-corrected chi connectivity index (χ1v) is 6.35. The van der Waals surface area contributed by atoms with Crippen LogP contribution in [0.3, 0.4) is 0 Å². The van der Waals surface area contributed by atoms with Gasteiger partial charge in [0.05, 0.1) is 6.04 Å². The van der Waals surface area contributed by atoms with E-state index in [9.17, 15) is 0 Å². The van der Waals surface area contributed by atoms with Gasteiger partial charge in [-0.1, -0.05) is 52.6 Å². The highest BCUT2D eigenvalue weighted by Gasteiger charge is 2.25. The number of rotatable bonds is 2. The maximum Gasteiger partial charge on any atom is 0.0509 e. The maximum atomic E-state index is 5.61. The molecule has 3 N–H and O–H groups in total. The van der Waals surface area contributed by atoms with Crippen LogP contribution in [0.15, 0.2) is 27.1 Å². The van der Waals surface area contributed by atoms with Gasteiger partial charge >= 0.3 is 0 Å². The lowest BCUT2D eigenvalue weighted by Gasteiger charge is -2.30. The molecule has 0 saturated heterocycles. The van der Waals surface area contributed by atoms with Crippen molar-refractivity contribution in [2.24, 2.45) is 11.3 Å². The Morgan fingerprint density at radius 1 is 1.13 bits per heavy atom. The largest absolute Gasteiger partial charge is 0.271 e. The minimum Gasteiger partial charge on any atom is -0.271 e. The van der Waals surface area contributed by atoms with Crippen molar-refractivity contribution in [1.29, 1.82) is 0 Å². The van der Waals surface area contributed by atoms with Crippen LogP contribution in [0.5, 0.6) is 0 Å². The minimum absolute atomic E-state index is 0.0784. The molecule has 0 amide bonds. The van der Waals surface area contributed by atoms with Crippen molar-refractivity contribution in [1.82, 2.24) is 5.43 Å². The van der Waals surface area contributed by atoms with Crippen LogP contribution >= 0.6 is 31.9 Å². The Balaban J connectivity index is 3.13. The summed E-state index contributed by atoms with van der Waals surface area (Å²) < 4.78 is 2.10. The van der Waals surface area contributed by atoms with Gasteiger partial charge in [0.2, 0.25) is 0 Å². The van der Waals surface area contributed by atoms with Gasteiger partial charge in [0.25, 0.3) is 0 Å². The number of halogens is 2. The molecule has 0 spiro atoms. The lowest BCUT2D eigenvalue weighted by molar-refractivity contribution is 0.275. The third-order valence-electron chi connectivity index (χ3n) is 2.25.